The summed E-state index contributed by atoms with van der Waals surface area (Å²) in [5.74, 6) is 2.55. The summed E-state index contributed by atoms with van der Waals surface area (Å²) < 4.78 is 5.22. The van der Waals surface area contributed by atoms with Gasteiger partial charge in [0.2, 0.25) is 0 Å². The fraction of sp³-hybridized carbons (Fsp3) is 0.333. The number of aromatic nitrogens is 2. The molecule has 0 unspecified atom stereocenters. The molecule has 90 valence electrons. The highest BCUT2D eigenvalue weighted by Crippen LogP contribution is 2.17. The van der Waals surface area contributed by atoms with Crippen LogP contribution < -0.4 is 5.32 Å². The molecule has 4 nitrogen and oxygen atoms in total. The van der Waals surface area contributed by atoms with Gasteiger partial charge in [-0.2, -0.15) is 0 Å². The first-order chi connectivity index (χ1) is 8.15. The van der Waals surface area contributed by atoms with Crippen LogP contribution in [0.25, 0.3) is 0 Å². The predicted molar refractivity (Wildman–Crippen MR) is 67.2 cm³/mol. The van der Waals surface area contributed by atoms with Crippen LogP contribution in [0.15, 0.2) is 28.9 Å². The molecule has 0 spiro atoms. The van der Waals surface area contributed by atoms with Crippen molar-refractivity contribution in [1.82, 2.24) is 9.97 Å². The van der Waals surface area contributed by atoms with E-state index in [0.29, 0.717) is 17.5 Å². The summed E-state index contributed by atoms with van der Waals surface area (Å²) in [7, 11) is 0. The maximum Gasteiger partial charge on any atom is 0.135 e. The SMILES string of the molecule is CC(C)c1nc(Cl)cc(NCc2ccco2)n1. The Bertz CT molecular complexity index is 483. The molecule has 17 heavy (non-hydrogen) atoms. The summed E-state index contributed by atoms with van der Waals surface area (Å²) in [6.07, 6.45) is 1.64. The van der Waals surface area contributed by atoms with Gasteiger partial charge in [-0.05, 0) is 12.1 Å². The second-order valence-electron chi connectivity index (χ2n) is 4.02. The highest BCUT2D eigenvalue weighted by atomic mass is 35.5. The van der Waals surface area contributed by atoms with E-state index in [0.717, 1.165) is 11.6 Å². The van der Waals surface area contributed by atoms with E-state index in [1.807, 2.05) is 26.0 Å². The number of anilines is 1. The van der Waals surface area contributed by atoms with E-state index in [-0.39, 0.29) is 5.92 Å². The summed E-state index contributed by atoms with van der Waals surface area (Å²) in [6, 6.07) is 5.46. The standard InChI is InChI=1S/C12H14ClN3O/c1-8(2)12-15-10(13)6-11(16-12)14-7-9-4-3-5-17-9/h3-6,8H,7H2,1-2H3,(H,14,15,16). The minimum atomic E-state index is 0.248. The lowest BCUT2D eigenvalue weighted by molar-refractivity contribution is 0.517. The molecule has 0 saturated heterocycles. The van der Waals surface area contributed by atoms with Crippen LogP contribution in [-0.4, -0.2) is 9.97 Å². The Balaban J connectivity index is 2.10. The number of nitrogens with one attached hydrogen (secondary N) is 1. The van der Waals surface area contributed by atoms with Gasteiger partial charge in [0.05, 0.1) is 12.8 Å². The predicted octanol–water partition coefficient (Wildman–Crippen LogP) is 3.46. The summed E-state index contributed by atoms with van der Waals surface area (Å²) in [5, 5.41) is 3.60. The van der Waals surface area contributed by atoms with Crippen molar-refractivity contribution in [3.63, 3.8) is 0 Å². The largest absolute Gasteiger partial charge is 0.467 e. The molecule has 0 fully saturated rings. The van der Waals surface area contributed by atoms with Crippen LogP contribution >= 0.6 is 11.6 Å². The van der Waals surface area contributed by atoms with E-state index in [1.165, 1.54) is 0 Å². The molecule has 5 heteroatoms. The third kappa shape index (κ3) is 3.20. The molecule has 2 aromatic rings. The molecule has 1 N–H and O–H groups in total. The van der Waals surface area contributed by atoms with Crippen molar-refractivity contribution in [2.75, 3.05) is 5.32 Å². The van der Waals surface area contributed by atoms with Crippen LogP contribution in [0.2, 0.25) is 5.15 Å². The van der Waals surface area contributed by atoms with Crippen LogP contribution in [0.5, 0.6) is 0 Å². The molecule has 0 aliphatic carbocycles. The van der Waals surface area contributed by atoms with E-state index in [9.17, 15) is 0 Å². The first-order valence-corrected chi connectivity index (χ1v) is 5.83. The molecule has 2 aromatic heterocycles. The Kier molecular flexibility index (Phi) is 3.64. The fourth-order valence-corrected chi connectivity index (χ4v) is 1.56. The van der Waals surface area contributed by atoms with Gasteiger partial charge in [0.25, 0.3) is 0 Å². The Morgan fingerprint density at radius 2 is 2.24 bits per heavy atom. The molecular formula is C12H14ClN3O. The second kappa shape index (κ2) is 5.19. The van der Waals surface area contributed by atoms with Gasteiger partial charge in [-0.15, -0.1) is 0 Å². The van der Waals surface area contributed by atoms with Crippen LogP contribution in [0.4, 0.5) is 5.82 Å². The number of hydrogen-bond acceptors (Lipinski definition) is 4. The number of nitrogens with zero attached hydrogens (tertiary/aromatic N) is 2. The number of hydrogen-bond donors (Lipinski definition) is 1. The van der Waals surface area contributed by atoms with E-state index in [4.69, 9.17) is 16.0 Å². The molecule has 2 rings (SSSR count). The Hall–Kier alpha value is -1.55. The molecule has 0 atom stereocenters. The lowest BCUT2D eigenvalue weighted by atomic mass is 10.2. The molecular weight excluding hydrogens is 238 g/mol. The van der Waals surface area contributed by atoms with Crippen molar-refractivity contribution in [2.24, 2.45) is 0 Å². The highest BCUT2D eigenvalue weighted by molar-refractivity contribution is 6.29. The Morgan fingerprint density at radius 1 is 1.41 bits per heavy atom. The zero-order chi connectivity index (χ0) is 12.3. The van der Waals surface area contributed by atoms with Gasteiger partial charge in [-0.3, -0.25) is 0 Å². The third-order valence-corrected chi connectivity index (χ3v) is 2.45. The van der Waals surface area contributed by atoms with Crippen LogP contribution in [-0.2, 0) is 6.54 Å². The van der Waals surface area contributed by atoms with E-state index < -0.39 is 0 Å². The molecule has 0 aromatic carbocycles. The Morgan fingerprint density at radius 3 is 2.88 bits per heavy atom. The summed E-state index contributed by atoms with van der Waals surface area (Å²) >= 11 is 5.94. The van der Waals surface area contributed by atoms with Gasteiger partial charge in [-0.25, -0.2) is 9.97 Å². The van der Waals surface area contributed by atoms with Gasteiger partial charge in [0, 0.05) is 12.0 Å². The maximum absolute atomic E-state index is 5.94. The van der Waals surface area contributed by atoms with Gasteiger partial charge in [0.1, 0.15) is 22.6 Å². The van der Waals surface area contributed by atoms with Gasteiger partial charge in [0.15, 0.2) is 0 Å². The zero-order valence-electron chi connectivity index (χ0n) is 9.77. The third-order valence-electron chi connectivity index (χ3n) is 2.25. The average Bonchev–Trinajstić information content (AvgIpc) is 2.78. The maximum atomic E-state index is 5.94. The summed E-state index contributed by atoms with van der Waals surface area (Å²) in [6.45, 7) is 4.64. The van der Waals surface area contributed by atoms with Crippen molar-refractivity contribution in [3.05, 3.63) is 41.2 Å². The van der Waals surface area contributed by atoms with Crippen molar-refractivity contribution < 1.29 is 4.42 Å². The molecule has 0 amide bonds. The van der Waals surface area contributed by atoms with E-state index >= 15 is 0 Å². The average molecular weight is 252 g/mol. The summed E-state index contributed by atoms with van der Waals surface area (Å²) in [4.78, 5) is 8.55. The van der Waals surface area contributed by atoms with Crippen LogP contribution in [0.3, 0.4) is 0 Å². The lowest BCUT2D eigenvalue weighted by Gasteiger charge is -2.08. The van der Waals surface area contributed by atoms with Crippen molar-refractivity contribution >= 4 is 17.4 Å². The second-order valence-corrected chi connectivity index (χ2v) is 4.41. The number of rotatable bonds is 4. The smallest absolute Gasteiger partial charge is 0.135 e. The first kappa shape index (κ1) is 11.9. The zero-order valence-corrected chi connectivity index (χ0v) is 10.5. The topological polar surface area (TPSA) is 51.0 Å². The summed E-state index contributed by atoms with van der Waals surface area (Å²) in [5.41, 5.74) is 0. The number of furan rings is 1. The minimum Gasteiger partial charge on any atom is -0.467 e. The molecule has 0 aliphatic rings. The van der Waals surface area contributed by atoms with Crippen LogP contribution in [0.1, 0.15) is 31.4 Å². The molecule has 2 heterocycles. The van der Waals surface area contributed by atoms with E-state index in [2.05, 4.69) is 15.3 Å². The lowest BCUT2D eigenvalue weighted by Crippen LogP contribution is -2.05. The van der Waals surface area contributed by atoms with Gasteiger partial charge in [-0.1, -0.05) is 25.4 Å². The van der Waals surface area contributed by atoms with Crippen molar-refractivity contribution in [1.29, 1.82) is 0 Å². The number of halogens is 1. The monoisotopic (exact) mass is 251 g/mol. The first-order valence-electron chi connectivity index (χ1n) is 5.46. The fourth-order valence-electron chi connectivity index (χ4n) is 1.37. The minimum absolute atomic E-state index is 0.248. The van der Waals surface area contributed by atoms with Gasteiger partial charge >= 0.3 is 0 Å². The van der Waals surface area contributed by atoms with Crippen LogP contribution in [0, 0.1) is 0 Å². The molecule has 0 radical (unpaired) electrons. The van der Waals surface area contributed by atoms with Crippen molar-refractivity contribution in [3.8, 4) is 0 Å². The highest BCUT2D eigenvalue weighted by Gasteiger charge is 2.07. The molecule has 0 aliphatic heterocycles. The molecule has 0 bridgehead atoms. The van der Waals surface area contributed by atoms with E-state index in [1.54, 1.807) is 12.3 Å². The quantitative estimate of drug-likeness (QED) is 0.846. The van der Waals surface area contributed by atoms with Gasteiger partial charge < -0.3 is 9.73 Å². The molecule has 0 saturated carbocycles. The Labute approximate surface area is 105 Å². The normalized spacial score (nSPS) is 10.8. The van der Waals surface area contributed by atoms with Crippen molar-refractivity contribution in [2.45, 2.75) is 26.3 Å².